The van der Waals surface area contributed by atoms with Gasteiger partial charge in [0.1, 0.15) is 11.6 Å². The highest BCUT2D eigenvalue weighted by atomic mass is 19.1. The van der Waals surface area contributed by atoms with Crippen LogP contribution >= 0.6 is 0 Å². The van der Waals surface area contributed by atoms with E-state index in [0.717, 1.165) is 23.0 Å². The van der Waals surface area contributed by atoms with E-state index in [1.54, 1.807) is 0 Å². The first-order valence-corrected chi connectivity index (χ1v) is 6.99. The SMILES string of the molecule is Cc1nn(C)c(C)c1CCC(O)Cc1cc(F)cc(F)c1. The fourth-order valence-corrected chi connectivity index (χ4v) is 2.59. The first-order valence-electron chi connectivity index (χ1n) is 6.99. The third-order valence-corrected chi connectivity index (χ3v) is 3.78. The second kappa shape index (κ2) is 6.35. The van der Waals surface area contributed by atoms with Crippen LogP contribution in [0.4, 0.5) is 8.78 Å². The van der Waals surface area contributed by atoms with Crippen molar-refractivity contribution in [2.45, 2.75) is 39.2 Å². The van der Waals surface area contributed by atoms with Crippen molar-refractivity contribution in [1.29, 1.82) is 0 Å². The minimum absolute atomic E-state index is 0.243. The van der Waals surface area contributed by atoms with Crippen molar-refractivity contribution < 1.29 is 13.9 Å². The molecule has 21 heavy (non-hydrogen) atoms. The Morgan fingerprint density at radius 3 is 2.33 bits per heavy atom. The fourth-order valence-electron chi connectivity index (χ4n) is 2.59. The average Bonchev–Trinajstić information content (AvgIpc) is 2.60. The molecule has 0 spiro atoms. The number of hydrogen-bond acceptors (Lipinski definition) is 2. The summed E-state index contributed by atoms with van der Waals surface area (Å²) in [6, 6.07) is 3.35. The molecule has 0 bridgehead atoms. The van der Waals surface area contributed by atoms with Gasteiger partial charge in [-0.25, -0.2) is 8.78 Å². The zero-order valence-corrected chi connectivity index (χ0v) is 12.5. The van der Waals surface area contributed by atoms with Crippen LogP contribution in [-0.2, 0) is 19.9 Å². The Morgan fingerprint density at radius 1 is 1.19 bits per heavy atom. The number of nitrogens with zero attached hydrogens (tertiary/aromatic N) is 2. The Kier molecular flexibility index (Phi) is 4.73. The van der Waals surface area contributed by atoms with Gasteiger partial charge in [0.25, 0.3) is 0 Å². The van der Waals surface area contributed by atoms with Crippen LogP contribution in [0.1, 0.15) is 28.9 Å². The number of aryl methyl sites for hydroxylation is 2. The van der Waals surface area contributed by atoms with E-state index in [1.807, 2.05) is 25.6 Å². The van der Waals surface area contributed by atoms with Gasteiger partial charge in [-0.15, -0.1) is 0 Å². The van der Waals surface area contributed by atoms with Gasteiger partial charge < -0.3 is 5.11 Å². The second-order valence-electron chi connectivity index (χ2n) is 5.45. The van der Waals surface area contributed by atoms with Crippen LogP contribution < -0.4 is 0 Å². The van der Waals surface area contributed by atoms with E-state index < -0.39 is 17.7 Å². The zero-order valence-electron chi connectivity index (χ0n) is 12.5. The van der Waals surface area contributed by atoms with Gasteiger partial charge in [0.05, 0.1) is 11.8 Å². The second-order valence-corrected chi connectivity index (χ2v) is 5.45. The molecule has 3 nitrogen and oxygen atoms in total. The monoisotopic (exact) mass is 294 g/mol. The Labute approximate surface area is 123 Å². The maximum absolute atomic E-state index is 13.1. The molecule has 0 amide bonds. The smallest absolute Gasteiger partial charge is 0.126 e. The minimum atomic E-state index is -0.634. The summed E-state index contributed by atoms with van der Waals surface area (Å²) in [4.78, 5) is 0. The molecule has 1 atom stereocenters. The Morgan fingerprint density at radius 2 is 1.81 bits per heavy atom. The summed E-state index contributed by atoms with van der Waals surface area (Å²) in [6.45, 7) is 3.93. The molecule has 1 aromatic heterocycles. The molecule has 1 aromatic carbocycles. The molecule has 0 saturated carbocycles. The average molecular weight is 294 g/mol. The Balaban J connectivity index is 1.97. The first kappa shape index (κ1) is 15.6. The van der Waals surface area contributed by atoms with Gasteiger partial charge in [0, 0.05) is 18.8 Å². The summed E-state index contributed by atoms with van der Waals surface area (Å²) in [5.41, 5.74) is 3.64. The Bertz CT molecular complexity index is 617. The highest BCUT2D eigenvalue weighted by Gasteiger charge is 2.13. The number of benzene rings is 1. The van der Waals surface area contributed by atoms with Gasteiger partial charge in [-0.1, -0.05) is 0 Å². The summed E-state index contributed by atoms with van der Waals surface area (Å²) in [6.07, 6.45) is 0.841. The van der Waals surface area contributed by atoms with E-state index in [9.17, 15) is 13.9 Å². The standard InChI is InChI=1S/C16H20F2N2O/c1-10-16(11(2)20(3)19-10)5-4-15(21)8-12-6-13(17)9-14(18)7-12/h6-7,9,15,21H,4-5,8H2,1-3H3. The van der Waals surface area contributed by atoms with Crippen molar-refractivity contribution in [3.63, 3.8) is 0 Å². The van der Waals surface area contributed by atoms with Crippen LogP contribution in [0.2, 0.25) is 0 Å². The molecular formula is C16H20F2N2O. The molecule has 114 valence electrons. The molecule has 1 heterocycles. The van der Waals surface area contributed by atoms with E-state index in [-0.39, 0.29) is 6.42 Å². The Hall–Kier alpha value is -1.75. The lowest BCUT2D eigenvalue weighted by atomic mass is 10.00. The highest BCUT2D eigenvalue weighted by molar-refractivity contribution is 5.24. The van der Waals surface area contributed by atoms with Gasteiger partial charge in [-0.3, -0.25) is 4.68 Å². The predicted molar refractivity (Wildman–Crippen MR) is 77.1 cm³/mol. The van der Waals surface area contributed by atoms with Crippen LogP contribution in [0.3, 0.4) is 0 Å². The van der Waals surface area contributed by atoms with Crippen molar-refractivity contribution in [2.75, 3.05) is 0 Å². The van der Waals surface area contributed by atoms with E-state index in [2.05, 4.69) is 5.10 Å². The van der Waals surface area contributed by atoms with Crippen LogP contribution in [0.25, 0.3) is 0 Å². The lowest BCUT2D eigenvalue weighted by molar-refractivity contribution is 0.165. The number of halogens is 2. The van der Waals surface area contributed by atoms with Crippen molar-refractivity contribution >= 4 is 0 Å². The van der Waals surface area contributed by atoms with Crippen molar-refractivity contribution in [3.05, 3.63) is 52.3 Å². The van der Waals surface area contributed by atoms with Crippen molar-refractivity contribution in [1.82, 2.24) is 9.78 Å². The molecule has 0 radical (unpaired) electrons. The largest absolute Gasteiger partial charge is 0.393 e. The summed E-state index contributed by atoms with van der Waals surface area (Å²) < 4.78 is 28.0. The number of aromatic nitrogens is 2. The molecule has 0 saturated heterocycles. The zero-order chi connectivity index (χ0) is 15.6. The number of rotatable bonds is 5. The van der Waals surface area contributed by atoms with E-state index >= 15 is 0 Å². The highest BCUT2D eigenvalue weighted by Crippen LogP contribution is 2.17. The van der Waals surface area contributed by atoms with Crippen molar-refractivity contribution in [2.24, 2.45) is 7.05 Å². The fraction of sp³-hybridized carbons (Fsp3) is 0.438. The first-order chi connectivity index (χ1) is 9.86. The molecule has 2 rings (SSSR count). The van der Waals surface area contributed by atoms with E-state index in [1.165, 1.54) is 12.1 Å². The van der Waals surface area contributed by atoms with Crippen LogP contribution in [0.5, 0.6) is 0 Å². The topological polar surface area (TPSA) is 38.0 Å². The number of hydrogen-bond donors (Lipinski definition) is 1. The molecule has 1 unspecified atom stereocenters. The molecular weight excluding hydrogens is 274 g/mol. The third-order valence-electron chi connectivity index (χ3n) is 3.78. The van der Waals surface area contributed by atoms with E-state index in [0.29, 0.717) is 18.4 Å². The minimum Gasteiger partial charge on any atom is -0.393 e. The third kappa shape index (κ3) is 3.88. The van der Waals surface area contributed by atoms with Gasteiger partial charge in [0.2, 0.25) is 0 Å². The number of aliphatic hydroxyl groups excluding tert-OH is 1. The summed E-state index contributed by atoms with van der Waals surface area (Å²) >= 11 is 0. The maximum atomic E-state index is 13.1. The van der Waals surface area contributed by atoms with E-state index in [4.69, 9.17) is 0 Å². The molecule has 0 aliphatic rings. The van der Waals surface area contributed by atoms with Crippen LogP contribution in [0, 0.1) is 25.5 Å². The van der Waals surface area contributed by atoms with Crippen LogP contribution in [-0.4, -0.2) is 21.0 Å². The van der Waals surface area contributed by atoms with Gasteiger partial charge in [-0.2, -0.15) is 5.10 Å². The molecule has 2 aromatic rings. The lowest BCUT2D eigenvalue weighted by Gasteiger charge is -2.11. The molecule has 5 heteroatoms. The normalized spacial score (nSPS) is 12.7. The molecule has 0 fully saturated rings. The number of aliphatic hydroxyl groups is 1. The molecule has 0 aliphatic carbocycles. The van der Waals surface area contributed by atoms with Gasteiger partial charge in [-0.05, 0) is 56.4 Å². The molecule has 1 N–H and O–H groups in total. The van der Waals surface area contributed by atoms with Crippen LogP contribution in [0.15, 0.2) is 18.2 Å². The van der Waals surface area contributed by atoms with Gasteiger partial charge in [0.15, 0.2) is 0 Å². The molecule has 0 aliphatic heterocycles. The van der Waals surface area contributed by atoms with Crippen molar-refractivity contribution in [3.8, 4) is 0 Å². The lowest BCUT2D eigenvalue weighted by Crippen LogP contribution is -2.12. The maximum Gasteiger partial charge on any atom is 0.126 e. The van der Waals surface area contributed by atoms with Gasteiger partial charge >= 0.3 is 0 Å². The predicted octanol–water partition coefficient (Wildman–Crippen LogP) is 2.85. The summed E-state index contributed by atoms with van der Waals surface area (Å²) in [7, 11) is 1.89. The quantitative estimate of drug-likeness (QED) is 0.921. The summed E-state index contributed by atoms with van der Waals surface area (Å²) in [5, 5.41) is 14.4. The summed E-state index contributed by atoms with van der Waals surface area (Å²) in [5.74, 6) is -1.23.